The smallest absolute Gasteiger partial charge is 0.335 e. The van der Waals surface area contributed by atoms with Gasteiger partial charge in [-0.25, -0.2) is 4.79 Å². The number of nitriles is 1. The molecule has 0 saturated carbocycles. The monoisotopic (exact) mass is 274 g/mol. The van der Waals surface area contributed by atoms with Crippen molar-refractivity contribution in [3.63, 3.8) is 0 Å². The van der Waals surface area contributed by atoms with E-state index in [1.54, 1.807) is 24.3 Å². The van der Waals surface area contributed by atoms with Crippen LogP contribution in [-0.2, 0) is 19.1 Å². The SMILES string of the molecule is N#Cc1ccccc1NC(=O)COC(=O)[C@@H]1CCCO1. The van der Waals surface area contributed by atoms with E-state index in [0.717, 1.165) is 6.42 Å². The zero-order valence-corrected chi connectivity index (χ0v) is 10.8. The summed E-state index contributed by atoms with van der Waals surface area (Å²) < 4.78 is 10.0. The van der Waals surface area contributed by atoms with Crippen LogP contribution in [0.1, 0.15) is 18.4 Å². The van der Waals surface area contributed by atoms with Gasteiger partial charge in [-0.2, -0.15) is 5.26 Å². The number of rotatable bonds is 4. The van der Waals surface area contributed by atoms with E-state index in [2.05, 4.69) is 5.32 Å². The van der Waals surface area contributed by atoms with Crippen molar-refractivity contribution in [2.45, 2.75) is 18.9 Å². The molecule has 0 bridgehead atoms. The van der Waals surface area contributed by atoms with E-state index >= 15 is 0 Å². The Balaban J connectivity index is 1.83. The van der Waals surface area contributed by atoms with Crippen molar-refractivity contribution >= 4 is 17.6 Å². The summed E-state index contributed by atoms with van der Waals surface area (Å²) in [5.74, 6) is -1.01. The Morgan fingerprint density at radius 3 is 2.95 bits per heavy atom. The van der Waals surface area contributed by atoms with E-state index in [9.17, 15) is 9.59 Å². The second-order valence-electron chi connectivity index (χ2n) is 4.31. The summed E-state index contributed by atoms with van der Waals surface area (Å²) >= 11 is 0. The van der Waals surface area contributed by atoms with Crippen molar-refractivity contribution in [2.24, 2.45) is 0 Å². The van der Waals surface area contributed by atoms with Crippen LogP contribution in [0.15, 0.2) is 24.3 Å². The minimum atomic E-state index is -0.561. The first-order valence-corrected chi connectivity index (χ1v) is 6.28. The molecule has 0 radical (unpaired) electrons. The highest BCUT2D eigenvalue weighted by atomic mass is 16.6. The third kappa shape index (κ3) is 3.56. The Hall–Kier alpha value is -2.39. The molecule has 6 heteroatoms. The number of hydrogen-bond acceptors (Lipinski definition) is 5. The van der Waals surface area contributed by atoms with Crippen molar-refractivity contribution < 1.29 is 19.1 Å². The van der Waals surface area contributed by atoms with Gasteiger partial charge in [0.2, 0.25) is 0 Å². The summed E-state index contributed by atoms with van der Waals surface area (Å²) in [6.07, 6.45) is 0.883. The second-order valence-corrected chi connectivity index (χ2v) is 4.31. The first kappa shape index (κ1) is 14.0. The van der Waals surface area contributed by atoms with Crippen molar-refractivity contribution in [2.75, 3.05) is 18.5 Å². The zero-order valence-electron chi connectivity index (χ0n) is 10.8. The molecule has 1 atom stereocenters. The predicted octanol–water partition coefficient (Wildman–Crippen LogP) is 1.22. The number of ether oxygens (including phenoxy) is 2. The van der Waals surface area contributed by atoms with E-state index in [4.69, 9.17) is 14.7 Å². The molecule has 2 rings (SSSR count). The summed E-state index contributed by atoms with van der Waals surface area (Å²) in [5.41, 5.74) is 0.750. The van der Waals surface area contributed by atoms with Crippen LogP contribution in [0.25, 0.3) is 0 Å². The molecule has 6 nitrogen and oxygen atoms in total. The Labute approximate surface area is 116 Å². The zero-order chi connectivity index (χ0) is 14.4. The molecule has 1 fully saturated rings. The molecule has 20 heavy (non-hydrogen) atoms. The molecule has 1 aliphatic heterocycles. The number of benzene rings is 1. The van der Waals surface area contributed by atoms with Gasteiger partial charge in [0.05, 0.1) is 11.3 Å². The van der Waals surface area contributed by atoms with Crippen LogP contribution in [0, 0.1) is 11.3 Å². The average molecular weight is 274 g/mol. The van der Waals surface area contributed by atoms with E-state index < -0.39 is 24.6 Å². The van der Waals surface area contributed by atoms with Crippen LogP contribution >= 0.6 is 0 Å². The van der Waals surface area contributed by atoms with Gasteiger partial charge in [-0.15, -0.1) is 0 Å². The van der Waals surface area contributed by atoms with Crippen LogP contribution in [0.3, 0.4) is 0 Å². The number of nitrogens with zero attached hydrogens (tertiary/aromatic N) is 1. The van der Waals surface area contributed by atoms with Crippen molar-refractivity contribution in [1.82, 2.24) is 0 Å². The fourth-order valence-corrected chi connectivity index (χ4v) is 1.87. The molecule has 1 amide bonds. The minimum absolute atomic E-state index is 0.353. The molecule has 0 spiro atoms. The summed E-state index contributed by atoms with van der Waals surface area (Å²) in [6.45, 7) is 0.153. The highest BCUT2D eigenvalue weighted by Crippen LogP contribution is 2.14. The standard InChI is InChI=1S/C14H14N2O4/c15-8-10-4-1-2-5-11(10)16-13(17)9-20-14(18)12-6-3-7-19-12/h1-2,4-5,12H,3,6-7,9H2,(H,16,17)/t12-/m0/s1. The van der Waals surface area contributed by atoms with Crippen molar-refractivity contribution in [3.8, 4) is 6.07 Å². The summed E-state index contributed by atoms with van der Waals surface area (Å²) in [5, 5.41) is 11.4. The fourth-order valence-electron chi connectivity index (χ4n) is 1.87. The molecule has 0 unspecified atom stereocenters. The van der Waals surface area contributed by atoms with E-state index in [1.165, 1.54) is 0 Å². The number of amides is 1. The molecule has 104 valence electrons. The molecule has 0 aromatic heterocycles. The molecule has 1 aromatic rings. The molecule has 0 aliphatic carbocycles. The number of para-hydroxylation sites is 1. The van der Waals surface area contributed by atoms with Gasteiger partial charge < -0.3 is 14.8 Å². The lowest BCUT2D eigenvalue weighted by atomic mass is 10.2. The Bertz CT molecular complexity index is 544. The Morgan fingerprint density at radius 2 is 2.25 bits per heavy atom. The lowest BCUT2D eigenvalue weighted by Crippen LogP contribution is -2.27. The molecular formula is C14H14N2O4. The molecule has 1 N–H and O–H groups in total. The number of hydrogen-bond donors (Lipinski definition) is 1. The molecular weight excluding hydrogens is 260 g/mol. The Morgan fingerprint density at radius 1 is 1.45 bits per heavy atom. The van der Waals surface area contributed by atoms with Crippen molar-refractivity contribution in [3.05, 3.63) is 29.8 Å². The van der Waals surface area contributed by atoms with Crippen LogP contribution < -0.4 is 5.32 Å². The fraction of sp³-hybridized carbons (Fsp3) is 0.357. The molecule has 1 heterocycles. The van der Waals surface area contributed by atoms with Gasteiger partial charge in [-0.05, 0) is 25.0 Å². The lowest BCUT2D eigenvalue weighted by Gasteiger charge is -2.10. The third-order valence-electron chi connectivity index (χ3n) is 2.86. The summed E-state index contributed by atoms with van der Waals surface area (Å²) in [6, 6.07) is 8.57. The average Bonchev–Trinajstić information content (AvgIpc) is 2.99. The first-order chi connectivity index (χ1) is 9.70. The largest absolute Gasteiger partial charge is 0.454 e. The number of esters is 1. The first-order valence-electron chi connectivity index (χ1n) is 6.28. The minimum Gasteiger partial charge on any atom is -0.454 e. The third-order valence-corrected chi connectivity index (χ3v) is 2.86. The van der Waals surface area contributed by atoms with Crippen molar-refractivity contribution in [1.29, 1.82) is 5.26 Å². The predicted molar refractivity (Wildman–Crippen MR) is 69.7 cm³/mol. The van der Waals surface area contributed by atoms with Gasteiger partial charge in [0.1, 0.15) is 6.07 Å². The van der Waals surface area contributed by atoms with Gasteiger partial charge in [0, 0.05) is 6.61 Å². The van der Waals surface area contributed by atoms with E-state index in [0.29, 0.717) is 24.3 Å². The van der Waals surface area contributed by atoms with Gasteiger partial charge in [-0.1, -0.05) is 12.1 Å². The molecule has 1 aliphatic rings. The lowest BCUT2D eigenvalue weighted by molar-refractivity contribution is -0.156. The summed E-state index contributed by atoms with van der Waals surface area (Å²) in [7, 11) is 0. The van der Waals surface area contributed by atoms with Crippen LogP contribution in [0.2, 0.25) is 0 Å². The maximum absolute atomic E-state index is 11.7. The maximum atomic E-state index is 11.7. The van der Waals surface area contributed by atoms with E-state index in [1.807, 2.05) is 6.07 Å². The van der Waals surface area contributed by atoms with Crippen LogP contribution in [0.4, 0.5) is 5.69 Å². The normalized spacial score (nSPS) is 17.2. The van der Waals surface area contributed by atoms with E-state index in [-0.39, 0.29) is 0 Å². The number of carbonyl (C=O) groups excluding carboxylic acids is 2. The number of carbonyl (C=O) groups is 2. The molecule has 1 saturated heterocycles. The van der Waals surface area contributed by atoms with Gasteiger partial charge in [0.25, 0.3) is 5.91 Å². The molecule has 1 aromatic carbocycles. The number of nitrogens with one attached hydrogen (secondary N) is 1. The Kier molecular flexibility index (Phi) is 4.69. The van der Waals surface area contributed by atoms with Crippen LogP contribution in [-0.4, -0.2) is 31.2 Å². The highest BCUT2D eigenvalue weighted by Gasteiger charge is 2.25. The highest BCUT2D eigenvalue weighted by molar-refractivity contribution is 5.94. The van der Waals surface area contributed by atoms with Gasteiger partial charge >= 0.3 is 5.97 Å². The quantitative estimate of drug-likeness (QED) is 0.834. The second kappa shape index (κ2) is 6.68. The van der Waals surface area contributed by atoms with Gasteiger partial charge in [0.15, 0.2) is 12.7 Å². The number of anilines is 1. The van der Waals surface area contributed by atoms with Gasteiger partial charge in [-0.3, -0.25) is 4.79 Å². The topological polar surface area (TPSA) is 88.4 Å². The maximum Gasteiger partial charge on any atom is 0.335 e. The van der Waals surface area contributed by atoms with Crippen LogP contribution in [0.5, 0.6) is 0 Å². The summed E-state index contributed by atoms with van der Waals surface area (Å²) in [4.78, 5) is 23.2.